The van der Waals surface area contributed by atoms with E-state index < -0.39 is 5.97 Å². The van der Waals surface area contributed by atoms with Crippen LogP contribution in [-0.2, 0) is 9.59 Å². The van der Waals surface area contributed by atoms with Gasteiger partial charge in [-0.2, -0.15) is 0 Å². The van der Waals surface area contributed by atoms with E-state index in [-0.39, 0.29) is 62.7 Å². The Balaban J connectivity index is -0.000000167. The Morgan fingerprint density at radius 1 is 1.36 bits per heavy atom. The molecule has 0 aromatic rings. The van der Waals surface area contributed by atoms with Crippen molar-refractivity contribution < 1.29 is 44.3 Å². The zero-order valence-electron chi connectivity index (χ0n) is 7.72. The Morgan fingerprint density at radius 3 is 2.00 bits per heavy atom. The molecule has 1 atom stereocenters. The van der Waals surface area contributed by atoms with Crippen molar-refractivity contribution in [1.29, 1.82) is 0 Å². The number of rotatable bonds is 5. The average molecular weight is 213 g/mol. The molecule has 1 unspecified atom stereocenters. The fraction of sp³-hybridized carbons (Fsp3) is 0.778. The SMILES string of the molecule is C.C.CNC(CCC(=O)[O-])C(C)=O.[Na+]. The smallest absolute Gasteiger partial charge is 0.550 e. The van der Waals surface area contributed by atoms with E-state index in [1.165, 1.54) is 6.92 Å². The summed E-state index contributed by atoms with van der Waals surface area (Å²) in [6.45, 7) is 1.43. The third kappa shape index (κ3) is 12.1. The standard InChI is InChI=1S/C7H13NO3.2CH4.Na/c1-5(9)6(8-2)3-4-7(10)11;;;/h6,8H,3-4H2,1-2H3,(H,10,11);2*1H4;/q;;;+1/p-1. The molecule has 0 aliphatic heterocycles. The van der Waals surface area contributed by atoms with Gasteiger partial charge in [0.05, 0.1) is 6.04 Å². The van der Waals surface area contributed by atoms with Gasteiger partial charge in [-0.05, 0) is 26.8 Å². The van der Waals surface area contributed by atoms with Crippen LogP contribution in [0.2, 0.25) is 0 Å². The Bertz CT molecular complexity index is 162. The maximum Gasteiger partial charge on any atom is 1.00 e. The zero-order valence-corrected chi connectivity index (χ0v) is 9.72. The summed E-state index contributed by atoms with van der Waals surface area (Å²) in [4.78, 5) is 20.7. The Hall–Kier alpha value is 0.1000. The fourth-order valence-electron chi connectivity index (χ4n) is 0.813. The van der Waals surface area contributed by atoms with Crippen LogP contribution in [0.4, 0.5) is 0 Å². The number of nitrogens with one attached hydrogen (secondary N) is 1. The molecule has 1 N–H and O–H groups in total. The van der Waals surface area contributed by atoms with Crippen LogP contribution in [0.25, 0.3) is 0 Å². The van der Waals surface area contributed by atoms with Gasteiger partial charge in [-0.1, -0.05) is 14.9 Å². The third-order valence-electron chi connectivity index (χ3n) is 1.48. The van der Waals surface area contributed by atoms with Crippen molar-refractivity contribution in [2.45, 2.75) is 40.7 Å². The number of carboxylic acids is 1. The molecular formula is C9H20NNaO3. The van der Waals surface area contributed by atoms with Crippen LogP contribution in [0.3, 0.4) is 0 Å². The number of carbonyl (C=O) groups excluding carboxylic acids is 2. The Morgan fingerprint density at radius 2 is 1.79 bits per heavy atom. The number of carbonyl (C=O) groups is 2. The molecule has 5 heteroatoms. The second kappa shape index (κ2) is 13.1. The molecule has 0 spiro atoms. The second-order valence-corrected chi connectivity index (χ2v) is 2.36. The van der Waals surface area contributed by atoms with E-state index in [4.69, 9.17) is 0 Å². The maximum atomic E-state index is 10.7. The van der Waals surface area contributed by atoms with E-state index >= 15 is 0 Å². The van der Waals surface area contributed by atoms with Crippen LogP contribution < -0.4 is 40.0 Å². The zero-order chi connectivity index (χ0) is 8.85. The molecule has 0 fully saturated rings. The minimum Gasteiger partial charge on any atom is -0.550 e. The average Bonchev–Trinajstić information content (AvgIpc) is 1.87. The molecule has 80 valence electrons. The van der Waals surface area contributed by atoms with Crippen LogP contribution in [0.1, 0.15) is 34.6 Å². The van der Waals surface area contributed by atoms with Gasteiger partial charge in [0, 0.05) is 5.97 Å². The third-order valence-corrected chi connectivity index (χ3v) is 1.48. The summed E-state index contributed by atoms with van der Waals surface area (Å²) in [5.74, 6) is -1.17. The second-order valence-electron chi connectivity index (χ2n) is 2.36. The van der Waals surface area contributed by atoms with Crippen molar-refractivity contribution in [1.82, 2.24) is 5.32 Å². The monoisotopic (exact) mass is 213 g/mol. The molecule has 0 amide bonds. The maximum absolute atomic E-state index is 10.7. The fourth-order valence-corrected chi connectivity index (χ4v) is 0.813. The van der Waals surface area contributed by atoms with Crippen molar-refractivity contribution in [3.05, 3.63) is 0 Å². The number of likely N-dealkylation sites (N-methyl/N-ethyl adjacent to an activating group) is 1. The molecule has 0 radical (unpaired) electrons. The van der Waals surface area contributed by atoms with Gasteiger partial charge in [0.15, 0.2) is 0 Å². The molecule has 0 rings (SSSR count). The van der Waals surface area contributed by atoms with E-state index in [0.717, 1.165) is 0 Å². The van der Waals surface area contributed by atoms with Crippen molar-refractivity contribution in [3.8, 4) is 0 Å². The molecule has 0 heterocycles. The first kappa shape index (κ1) is 23.7. The van der Waals surface area contributed by atoms with Crippen LogP contribution >= 0.6 is 0 Å². The molecule has 0 aliphatic rings. The first-order chi connectivity index (χ1) is 5.07. The summed E-state index contributed by atoms with van der Waals surface area (Å²) in [6.07, 6.45) is 0.221. The van der Waals surface area contributed by atoms with Gasteiger partial charge in [0.25, 0.3) is 0 Å². The summed E-state index contributed by atoms with van der Waals surface area (Å²) in [7, 11) is 1.63. The minimum absolute atomic E-state index is 0. The van der Waals surface area contributed by atoms with Crippen molar-refractivity contribution in [3.63, 3.8) is 0 Å². The van der Waals surface area contributed by atoms with Crippen LogP contribution in [0, 0.1) is 0 Å². The topological polar surface area (TPSA) is 69.2 Å². The van der Waals surface area contributed by atoms with E-state index in [9.17, 15) is 14.7 Å². The quantitative estimate of drug-likeness (QED) is 0.493. The van der Waals surface area contributed by atoms with Gasteiger partial charge in [-0.15, -0.1) is 0 Å². The summed E-state index contributed by atoms with van der Waals surface area (Å²) in [5.41, 5.74) is 0. The molecule has 14 heavy (non-hydrogen) atoms. The number of ketones is 1. The number of Topliss-reactive ketones (excluding diaryl/α,β-unsaturated/α-hetero) is 1. The minimum atomic E-state index is -1.12. The number of hydrogen-bond acceptors (Lipinski definition) is 4. The molecule has 0 saturated carbocycles. The normalized spacial score (nSPS) is 9.86. The van der Waals surface area contributed by atoms with Crippen molar-refractivity contribution >= 4 is 11.8 Å². The molecule has 4 nitrogen and oxygen atoms in total. The van der Waals surface area contributed by atoms with Crippen LogP contribution in [-0.4, -0.2) is 24.8 Å². The molecule has 0 aliphatic carbocycles. The van der Waals surface area contributed by atoms with E-state index in [2.05, 4.69) is 5.32 Å². The summed E-state index contributed by atoms with van der Waals surface area (Å²) < 4.78 is 0. The van der Waals surface area contributed by atoms with Crippen LogP contribution in [0.5, 0.6) is 0 Å². The van der Waals surface area contributed by atoms with Crippen molar-refractivity contribution in [2.75, 3.05) is 7.05 Å². The van der Waals surface area contributed by atoms with Crippen LogP contribution in [0.15, 0.2) is 0 Å². The molecule has 0 aromatic carbocycles. The predicted molar refractivity (Wildman–Crippen MR) is 51.2 cm³/mol. The number of hydrogen-bond donors (Lipinski definition) is 1. The molecule has 0 saturated heterocycles. The van der Waals surface area contributed by atoms with E-state index in [0.29, 0.717) is 6.42 Å². The summed E-state index contributed by atoms with van der Waals surface area (Å²) >= 11 is 0. The molecule has 0 bridgehead atoms. The van der Waals surface area contributed by atoms with Gasteiger partial charge < -0.3 is 15.2 Å². The van der Waals surface area contributed by atoms with E-state index in [1.54, 1.807) is 7.05 Å². The molecule has 0 aromatic heterocycles. The van der Waals surface area contributed by atoms with Crippen molar-refractivity contribution in [2.24, 2.45) is 0 Å². The first-order valence-corrected chi connectivity index (χ1v) is 3.45. The van der Waals surface area contributed by atoms with E-state index in [1.807, 2.05) is 0 Å². The van der Waals surface area contributed by atoms with Gasteiger partial charge in [0.2, 0.25) is 0 Å². The largest absolute Gasteiger partial charge is 1.00 e. The van der Waals surface area contributed by atoms with Gasteiger partial charge >= 0.3 is 29.6 Å². The van der Waals surface area contributed by atoms with Gasteiger partial charge in [-0.3, -0.25) is 4.79 Å². The first-order valence-electron chi connectivity index (χ1n) is 3.45. The Labute approximate surface area is 109 Å². The number of aliphatic carboxylic acids is 1. The predicted octanol–water partition coefficient (Wildman–Crippen LogP) is -3.03. The Kier molecular flexibility index (Phi) is 22.2. The van der Waals surface area contributed by atoms with Gasteiger partial charge in [-0.25, -0.2) is 0 Å². The number of carboxylic acid groups (broad SMARTS) is 1. The summed E-state index contributed by atoms with van der Waals surface area (Å²) in [6, 6.07) is -0.354. The molecular weight excluding hydrogens is 193 g/mol. The summed E-state index contributed by atoms with van der Waals surface area (Å²) in [5, 5.41) is 12.7. The van der Waals surface area contributed by atoms with Gasteiger partial charge in [0.1, 0.15) is 5.78 Å².